The molecule has 6 heteroatoms. The molecule has 6 nitrogen and oxygen atoms in total. The summed E-state index contributed by atoms with van der Waals surface area (Å²) >= 11 is 0. The predicted octanol–water partition coefficient (Wildman–Crippen LogP) is 5.57. The number of carbonyl (C=O) groups is 2. The Morgan fingerprint density at radius 3 is 2.30 bits per heavy atom. The molecule has 5 rings (SSSR count). The van der Waals surface area contributed by atoms with Crippen molar-refractivity contribution in [2.75, 3.05) is 30.0 Å². The largest absolute Gasteiger partial charge is 0.492 e. The van der Waals surface area contributed by atoms with Crippen molar-refractivity contribution in [2.24, 2.45) is 0 Å². The van der Waals surface area contributed by atoms with Gasteiger partial charge in [0.25, 0.3) is 5.91 Å². The predicted molar refractivity (Wildman–Crippen MR) is 144 cm³/mol. The van der Waals surface area contributed by atoms with E-state index in [1.165, 1.54) is 0 Å². The quantitative estimate of drug-likeness (QED) is 0.349. The SMILES string of the molecule is Cc1cccc(OCCN2C(=O)COc3cc(NC(=O)C(c4ccccc4)c4ccccc4)ccc32)c1. The minimum Gasteiger partial charge on any atom is -0.492 e. The Hall–Kier alpha value is -4.58. The molecule has 0 unspecified atom stereocenters. The first-order chi connectivity index (χ1) is 18.1. The van der Waals surface area contributed by atoms with Gasteiger partial charge >= 0.3 is 0 Å². The molecule has 1 aliphatic heterocycles. The van der Waals surface area contributed by atoms with Gasteiger partial charge in [0.05, 0.1) is 18.2 Å². The van der Waals surface area contributed by atoms with Crippen LogP contribution >= 0.6 is 0 Å². The Morgan fingerprint density at radius 1 is 0.919 bits per heavy atom. The number of fused-ring (bicyclic) bond motifs is 1. The van der Waals surface area contributed by atoms with Gasteiger partial charge in [0.1, 0.15) is 18.1 Å². The van der Waals surface area contributed by atoms with E-state index in [1.54, 1.807) is 23.1 Å². The fourth-order valence-corrected chi connectivity index (χ4v) is 4.49. The van der Waals surface area contributed by atoms with Crippen LogP contribution in [0.2, 0.25) is 0 Å². The molecule has 1 aliphatic rings. The highest BCUT2D eigenvalue weighted by atomic mass is 16.5. The average molecular weight is 493 g/mol. The van der Waals surface area contributed by atoms with E-state index in [0.29, 0.717) is 30.3 Å². The molecule has 0 atom stereocenters. The van der Waals surface area contributed by atoms with Crippen LogP contribution in [-0.2, 0) is 9.59 Å². The summed E-state index contributed by atoms with van der Waals surface area (Å²) in [6.07, 6.45) is 0. The second kappa shape index (κ2) is 11.0. The lowest BCUT2D eigenvalue weighted by molar-refractivity contribution is -0.121. The Kier molecular flexibility index (Phi) is 7.17. The molecule has 0 saturated heterocycles. The third-order valence-corrected chi connectivity index (χ3v) is 6.27. The smallest absolute Gasteiger partial charge is 0.265 e. The van der Waals surface area contributed by atoms with Crippen LogP contribution in [0, 0.1) is 6.92 Å². The van der Waals surface area contributed by atoms with E-state index in [-0.39, 0.29) is 18.4 Å². The fraction of sp³-hybridized carbons (Fsp3) is 0.161. The van der Waals surface area contributed by atoms with Crippen molar-refractivity contribution in [3.63, 3.8) is 0 Å². The van der Waals surface area contributed by atoms with Crippen molar-refractivity contribution in [3.8, 4) is 11.5 Å². The number of rotatable bonds is 8. The normalized spacial score (nSPS) is 12.6. The average Bonchev–Trinajstić information content (AvgIpc) is 2.91. The van der Waals surface area contributed by atoms with Gasteiger partial charge in [0.15, 0.2) is 6.61 Å². The van der Waals surface area contributed by atoms with E-state index < -0.39 is 5.92 Å². The first kappa shape index (κ1) is 24.1. The van der Waals surface area contributed by atoms with Gasteiger partial charge < -0.3 is 19.7 Å². The van der Waals surface area contributed by atoms with Gasteiger partial charge in [-0.3, -0.25) is 9.59 Å². The maximum atomic E-state index is 13.5. The highest BCUT2D eigenvalue weighted by Gasteiger charge is 2.27. The highest BCUT2D eigenvalue weighted by Crippen LogP contribution is 2.35. The van der Waals surface area contributed by atoms with Gasteiger partial charge in [0, 0.05) is 11.8 Å². The van der Waals surface area contributed by atoms with E-state index in [1.807, 2.05) is 91.9 Å². The molecule has 0 fully saturated rings. The van der Waals surface area contributed by atoms with Crippen LogP contribution in [0.25, 0.3) is 0 Å². The fourth-order valence-electron chi connectivity index (χ4n) is 4.49. The first-order valence-electron chi connectivity index (χ1n) is 12.3. The van der Waals surface area contributed by atoms with E-state index >= 15 is 0 Å². The number of hydrogen-bond acceptors (Lipinski definition) is 4. The van der Waals surface area contributed by atoms with Gasteiger partial charge in [-0.1, -0.05) is 72.8 Å². The van der Waals surface area contributed by atoms with Gasteiger partial charge in [-0.25, -0.2) is 0 Å². The van der Waals surface area contributed by atoms with Crippen LogP contribution in [0.5, 0.6) is 11.5 Å². The summed E-state index contributed by atoms with van der Waals surface area (Å²) in [5.74, 6) is 0.573. The first-order valence-corrected chi connectivity index (χ1v) is 12.3. The lowest BCUT2D eigenvalue weighted by Crippen LogP contribution is -2.41. The van der Waals surface area contributed by atoms with Crippen LogP contribution in [0.15, 0.2) is 103 Å². The molecule has 0 aromatic heterocycles. The van der Waals surface area contributed by atoms with Gasteiger partial charge in [-0.05, 0) is 47.9 Å². The summed E-state index contributed by atoms with van der Waals surface area (Å²) in [5.41, 5.74) is 4.19. The monoisotopic (exact) mass is 492 g/mol. The zero-order valence-electron chi connectivity index (χ0n) is 20.6. The molecule has 4 aromatic rings. The molecule has 0 saturated carbocycles. The molecule has 1 heterocycles. The molecule has 0 bridgehead atoms. The number of hydrogen-bond donors (Lipinski definition) is 1. The molecule has 1 N–H and O–H groups in total. The summed E-state index contributed by atoms with van der Waals surface area (Å²) in [4.78, 5) is 27.7. The van der Waals surface area contributed by atoms with Crippen molar-refractivity contribution in [1.82, 2.24) is 0 Å². The topological polar surface area (TPSA) is 67.9 Å². The summed E-state index contributed by atoms with van der Waals surface area (Å²) in [5, 5.41) is 3.04. The van der Waals surface area contributed by atoms with E-state index in [0.717, 1.165) is 22.4 Å². The van der Waals surface area contributed by atoms with E-state index in [9.17, 15) is 9.59 Å². The van der Waals surface area contributed by atoms with Crippen LogP contribution in [-0.4, -0.2) is 31.6 Å². The summed E-state index contributed by atoms with van der Waals surface area (Å²) in [7, 11) is 0. The zero-order chi connectivity index (χ0) is 25.6. The minimum absolute atomic E-state index is 0.0640. The standard InChI is InChI=1S/C31H28N2O4/c1-22-9-8-14-26(19-22)36-18-17-33-27-16-15-25(20-28(27)37-21-29(33)34)32-31(35)30(23-10-4-2-5-11-23)24-12-6-3-7-13-24/h2-16,19-20,30H,17-18,21H2,1H3,(H,32,35). The maximum Gasteiger partial charge on any atom is 0.265 e. The third-order valence-electron chi connectivity index (χ3n) is 6.27. The van der Waals surface area contributed by atoms with Crippen molar-refractivity contribution >= 4 is 23.2 Å². The second-order valence-corrected chi connectivity index (χ2v) is 8.93. The van der Waals surface area contributed by atoms with E-state index in [4.69, 9.17) is 9.47 Å². The van der Waals surface area contributed by atoms with Crippen LogP contribution < -0.4 is 19.7 Å². The molecular weight excluding hydrogens is 464 g/mol. The van der Waals surface area contributed by atoms with Gasteiger partial charge in [-0.2, -0.15) is 0 Å². The van der Waals surface area contributed by atoms with Crippen molar-refractivity contribution in [3.05, 3.63) is 120 Å². The molecular formula is C31H28N2O4. The molecule has 37 heavy (non-hydrogen) atoms. The molecule has 2 amide bonds. The Balaban J connectivity index is 1.31. The van der Waals surface area contributed by atoms with Crippen LogP contribution in [0.3, 0.4) is 0 Å². The number of anilines is 2. The summed E-state index contributed by atoms with van der Waals surface area (Å²) in [6.45, 7) is 2.68. The van der Waals surface area contributed by atoms with Gasteiger partial charge in [-0.15, -0.1) is 0 Å². The summed E-state index contributed by atoms with van der Waals surface area (Å²) in [6, 6.07) is 32.6. The number of nitrogens with zero attached hydrogens (tertiary/aromatic N) is 1. The zero-order valence-corrected chi connectivity index (χ0v) is 20.6. The van der Waals surface area contributed by atoms with Crippen molar-refractivity contribution in [1.29, 1.82) is 0 Å². The molecule has 4 aromatic carbocycles. The lowest BCUT2D eigenvalue weighted by atomic mass is 9.90. The number of benzene rings is 4. The molecule has 0 spiro atoms. The Labute approximate surface area is 216 Å². The number of amides is 2. The Morgan fingerprint density at radius 2 is 1.62 bits per heavy atom. The van der Waals surface area contributed by atoms with Crippen LogP contribution in [0.4, 0.5) is 11.4 Å². The van der Waals surface area contributed by atoms with Crippen LogP contribution in [0.1, 0.15) is 22.6 Å². The highest BCUT2D eigenvalue weighted by molar-refractivity contribution is 6.00. The van der Waals surface area contributed by atoms with E-state index in [2.05, 4.69) is 5.32 Å². The number of ether oxygens (including phenoxy) is 2. The van der Waals surface area contributed by atoms with Crippen molar-refractivity contribution < 1.29 is 19.1 Å². The number of carbonyl (C=O) groups excluding carboxylic acids is 2. The molecule has 0 aliphatic carbocycles. The minimum atomic E-state index is -0.462. The number of aryl methyl sites for hydroxylation is 1. The molecule has 0 radical (unpaired) electrons. The summed E-state index contributed by atoms with van der Waals surface area (Å²) < 4.78 is 11.6. The molecule has 186 valence electrons. The number of nitrogens with one attached hydrogen (secondary N) is 1. The maximum absolute atomic E-state index is 13.5. The Bertz CT molecular complexity index is 1350. The van der Waals surface area contributed by atoms with Crippen molar-refractivity contribution in [2.45, 2.75) is 12.8 Å². The lowest BCUT2D eigenvalue weighted by Gasteiger charge is -2.29. The second-order valence-electron chi connectivity index (χ2n) is 8.93. The third kappa shape index (κ3) is 5.64. The van der Waals surface area contributed by atoms with Gasteiger partial charge in [0.2, 0.25) is 5.91 Å².